The number of ether oxygens (including phenoxy) is 1. The summed E-state index contributed by atoms with van der Waals surface area (Å²) in [5, 5.41) is 14.3. The van der Waals surface area contributed by atoms with Gasteiger partial charge in [0.25, 0.3) is 5.69 Å². The van der Waals surface area contributed by atoms with Crippen molar-refractivity contribution < 1.29 is 22.9 Å². The van der Waals surface area contributed by atoms with E-state index >= 15 is 0 Å². The van der Waals surface area contributed by atoms with E-state index in [0.717, 1.165) is 23.8 Å². The number of rotatable bonds is 9. The van der Waals surface area contributed by atoms with E-state index in [-0.39, 0.29) is 22.9 Å². The lowest BCUT2D eigenvalue weighted by Gasteiger charge is -2.20. The molecule has 1 atom stereocenters. The summed E-state index contributed by atoms with van der Waals surface area (Å²) in [5.74, 6) is -0.800. The molecule has 0 saturated heterocycles. The molecule has 0 aliphatic rings. The van der Waals surface area contributed by atoms with Crippen LogP contribution in [0.4, 0.5) is 5.69 Å². The number of hydrogen-bond acceptors (Lipinski definition) is 6. The summed E-state index contributed by atoms with van der Waals surface area (Å²) in [6.07, 6.45) is 0. The molecule has 9 nitrogen and oxygen atoms in total. The van der Waals surface area contributed by atoms with Crippen molar-refractivity contribution in [3.63, 3.8) is 0 Å². The number of nitro benzene ring substituents is 1. The molecule has 0 fully saturated rings. The van der Waals surface area contributed by atoms with E-state index in [1.807, 2.05) is 0 Å². The summed E-state index contributed by atoms with van der Waals surface area (Å²) >= 11 is 5.88. The Morgan fingerprint density at radius 1 is 1.09 bits per heavy atom. The van der Waals surface area contributed by atoms with Crippen LogP contribution in [0.5, 0.6) is 5.75 Å². The average molecular weight is 490 g/mol. The van der Waals surface area contributed by atoms with E-state index in [1.165, 1.54) is 7.11 Å². The number of methoxy groups -OCH3 is 1. The van der Waals surface area contributed by atoms with Crippen LogP contribution in [-0.4, -0.2) is 26.4 Å². The van der Waals surface area contributed by atoms with Gasteiger partial charge in [-0.15, -0.1) is 0 Å². The number of non-ortho nitro benzene ring substituents is 1. The second-order valence-electron chi connectivity index (χ2n) is 6.90. The molecular formula is C22H20ClN3O6S. The van der Waals surface area contributed by atoms with E-state index in [1.54, 1.807) is 54.6 Å². The zero-order valence-electron chi connectivity index (χ0n) is 17.4. The van der Waals surface area contributed by atoms with E-state index in [9.17, 15) is 23.3 Å². The van der Waals surface area contributed by atoms with E-state index in [0.29, 0.717) is 10.6 Å². The molecule has 3 rings (SSSR count). The third-order valence-corrected chi connectivity index (χ3v) is 6.41. The average Bonchev–Trinajstić information content (AvgIpc) is 2.82. The normalized spacial score (nSPS) is 12.1. The smallest absolute Gasteiger partial charge is 0.273 e. The van der Waals surface area contributed by atoms with Gasteiger partial charge in [-0.2, -0.15) is 4.72 Å². The van der Waals surface area contributed by atoms with Crippen LogP contribution in [0.3, 0.4) is 0 Å². The van der Waals surface area contributed by atoms with Gasteiger partial charge < -0.3 is 10.1 Å². The summed E-state index contributed by atoms with van der Waals surface area (Å²) in [6, 6.07) is 17.0. The Hall–Kier alpha value is -3.47. The molecule has 0 aromatic heterocycles. The molecule has 2 N–H and O–H groups in total. The minimum absolute atomic E-state index is 0.155. The molecule has 0 radical (unpaired) electrons. The summed E-state index contributed by atoms with van der Waals surface area (Å²) in [4.78, 5) is 23.0. The number of halogens is 1. The molecule has 0 bridgehead atoms. The molecule has 0 heterocycles. The van der Waals surface area contributed by atoms with Crippen LogP contribution in [0.1, 0.15) is 17.2 Å². The summed E-state index contributed by atoms with van der Waals surface area (Å²) in [6.45, 7) is 0.155. The monoisotopic (exact) mass is 489 g/mol. The fourth-order valence-electron chi connectivity index (χ4n) is 3.02. The van der Waals surface area contributed by atoms with E-state index < -0.39 is 26.9 Å². The zero-order chi connectivity index (χ0) is 24.0. The number of nitro groups is 1. The predicted octanol–water partition coefficient (Wildman–Crippen LogP) is 3.59. The highest BCUT2D eigenvalue weighted by molar-refractivity contribution is 7.89. The Balaban J connectivity index is 1.89. The van der Waals surface area contributed by atoms with Crippen LogP contribution >= 0.6 is 11.6 Å². The van der Waals surface area contributed by atoms with Gasteiger partial charge >= 0.3 is 0 Å². The van der Waals surface area contributed by atoms with Gasteiger partial charge in [-0.25, -0.2) is 8.42 Å². The maximum Gasteiger partial charge on any atom is 0.273 e. The maximum absolute atomic E-state index is 13.1. The van der Waals surface area contributed by atoms with Gasteiger partial charge in [-0.1, -0.05) is 54.1 Å². The number of benzene rings is 3. The van der Waals surface area contributed by atoms with E-state index in [4.69, 9.17) is 16.3 Å². The Kier molecular flexibility index (Phi) is 7.64. The van der Waals surface area contributed by atoms with Gasteiger partial charge in [-0.05, 0) is 29.3 Å². The molecule has 3 aromatic carbocycles. The number of sulfonamides is 1. The number of amides is 1. The van der Waals surface area contributed by atoms with Crippen LogP contribution in [0.2, 0.25) is 5.02 Å². The largest absolute Gasteiger partial charge is 0.495 e. The fraction of sp³-hybridized carbons (Fsp3) is 0.136. The van der Waals surface area contributed by atoms with Crippen molar-refractivity contribution in [2.45, 2.75) is 17.5 Å². The molecule has 172 valence electrons. The number of hydrogen-bond donors (Lipinski definition) is 2. The molecule has 0 saturated carbocycles. The third-order valence-electron chi connectivity index (χ3n) is 4.70. The van der Waals surface area contributed by atoms with Gasteiger partial charge in [0, 0.05) is 17.6 Å². The highest BCUT2D eigenvalue weighted by Crippen LogP contribution is 2.29. The number of carbonyl (C=O) groups excluding carboxylic acids is 1. The first-order valence-corrected chi connectivity index (χ1v) is 11.5. The topological polar surface area (TPSA) is 128 Å². The lowest BCUT2D eigenvalue weighted by atomic mass is 10.1. The van der Waals surface area contributed by atoms with Crippen molar-refractivity contribution in [2.75, 3.05) is 7.11 Å². The van der Waals surface area contributed by atoms with Crippen molar-refractivity contribution in [2.24, 2.45) is 0 Å². The van der Waals surface area contributed by atoms with Crippen molar-refractivity contribution >= 4 is 33.2 Å². The van der Waals surface area contributed by atoms with Crippen molar-refractivity contribution in [3.05, 3.63) is 99.1 Å². The number of nitrogens with one attached hydrogen (secondary N) is 2. The Morgan fingerprint density at radius 3 is 2.36 bits per heavy atom. The standard InChI is InChI=1S/C22H20ClN3O6S/c1-32-19-13-18(26(28)29)11-12-20(19)33(30,31)25-21(16-5-3-2-4-6-16)22(27)24-14-15-7-9-17(23)10-8-15/h2-13,21,25H,14H2,1H3,(H,24,27). The van der Waals surface area contributed by atoms with Crippen LogP contribution in [0.25, 0.3) is 0 Å². The Morgan fingerprint density at radius 2 is 1.76 bits per heavy atom. The lowest BCUT2D eigenvalue weighted by molar-refractivity contribution is -0.385. The zero-order valence-corrected chi connectivity index (χ0v) is 19.0. The van der Waals surface area contributed by atoms with Gasteiger partial charge in [0.1, 0.15) is 16.7 Å². The van der Waals surface area contributed by atoms with Crippen LogP contribution in [0, 0.1) is 10.1 Å². The summed E-state index contributed by atoms with van der Waals surface area (Å²) in [5.41, 5.74) is 0.862. The highest BCUT2D eigenvalue weighted by Gasteiger charge is 2.30. The molecule has 0 aliphatic heterocycles. The first-order valence-electron chi connectivity index (χ1n) is 9.63. The van der Waals surface area contributed by atoms with Crippen molar-refractivity contribution in [1.29, 1.82) is 0 Å². The number of carbonyl (C=O) groups is 1. The lowest BCUT2D eigenvalue weighted by Crippen LogP contribution is -2.40. The Labute approximate surface area is 195 Å². The highest BCUT2D eigenvalue weighted by atomic mass is 35.5. The molecule has 1 amide bonds. The summed E-state index contributed by atoms with van der Waals surface area (Å²) < 4.78 is 33.7. The van der Waals surface area contributed by atoms with Crippen LogP contribution in [0.15, 0.2) is 77.7 Å². The maximum atomic E-state index is 13.1. The first kappa shape index (κ1) is 24.2. The molecular weight excluding hydrogens is 470 g/mol. The van der Waals surface area contributed by atoms with Crippen molar-refractivity contribution in [3.8, 4) is 5.75 Å². The second-order valence-corrected chi connectivity index (χ2v) is 9.02. The third kappa shape index (κ3) is 6.07. The summed E-state index contributed by atoms with van der Waals surface area (Å²) in [7, 11) is -3.10. The molecule has 33 heavy (non-hydrogen) atoms. The minimum Gasteiger partial charge on any atom is -0.495 e. The van der Waals surface area contributed by atoms with Crippen LogP contribution in [-0.2, 0) is 21.4 Å². The molecule has 3 aromatic rings. The minimum atomic E-state index is -4.30. The molecule has 1 unspecified atom stereocenters. The van der Waals surface area contributed by atoms with Crippen molar-refractivity contribution in [1.82, 2.24) is 10.0 Å². The SMILES string of the molecule is COc1cc([N+](=O)[O-])ccc1S(=O)(=O)NC(C(=O)NCc1ccc(Cl)cc1)c1ccccc1. The van der Waals surface area contributed by atoms with E-state index in [2.05, 4.69) is 10.0 Å². The second kappa shape index (κ2) is 10.4. The Bertz CT molecular complexity index is 1250. The van der Waals surface area contributed by atoms with Gasteiger partial charge in [-0.3, -0.25) is 14.9 Å². The molecule has 0 spiro atoms. The first-order chi connectivity index (χ1) is 15.7. The predicted molar refractivity (Wildman–Crippen MR) is 122 cm³/mol. The van der Waals surface area contributed by atoms with Gasteiger partial charge in [0.15, 0.2) is 0 Å². The van der Waals surface area contributed by atoms with Gasteiger partial charge in [0.2, 0.25) is 15.9 Å². The quantitative estimate of drug-likeness (QED) is 0.349. The fourth-order valence-corrected chi connectivity index (χ4v) is 4.48. The van der Waals surface area contributed by atoms with Crippen LogP contribution < -0.4 is 14.8 Å². The van der Waals surface area contributed by atoms with Gasteiger partial charge in [0.05, 0.1) is 18.1 Å². The molecule has 11 heteroatoms. The number of nitrogens with zero attached hydrogens (tertiary/aromatic N) is 1. The molecule has 0 aliphatic carbocycles.